The lowest BCUT2D eigenvalue weighted by Gasteiger charge is -2.02. The zero-order chi connectivity index (χ0) is 13.3. The van der Waals surface area contributed by atoms with E-state index in [2.05, 4.69) is 15.0 Å². The zero-order valence-electron chi connectivity index (χ0n) is 8.60. The molecule has 0 atom stereocenters. The van der Waals surface area contributed by atoms with Crippen LogP contribution in [-0.2, 0) is 6.18 Å². The van der Waals surface area contributed by atoms with Crippen LogP contribution < -0.4 is 5.73 Å². The third-order valence-electron chi connectivity index (χ3n) is 1.88. The van der Waals surface area contributed by atoms with Crippen LogP contribution in [-0.4, -0.2) is 20.9 Å². The Bertz CT molecular complexity index is 581. The maximum atomic E-state index is 12.6. The summed E-state index contributed by atoms with van der Waals surface area (Å²) in [5, 5.41) is -0.100. The second-order valence-electron chi connectivity index (χ2n) is 3.13. The second kappa shape index (κ2) is 4.33. The number of carbonyl (C=O) groups excluding carboxylic acids is 1. The molecule has 2 aromatic rings. The van der Waals surface area contributed by atoms with E-state index in [0.29, 0.717) is 11.3 Å². The third-order valence-corrected chi connectivity index (χ3v) is 2.94. The highest BCUT2D eigenvalue weighted by molar-refractivity contribution is 7.17. The molecular weight excluding hydrogens is 269 g/mol. The van der Waals surface area contributed by atoms with Gasteiger partial charge in [-0.3, -0.25) is 4.79 Å². The van der Waals surface area contributed by atoms with Crippen molar-refractivity contribution in [1.82, 2.24) is 15.0 Å². The summed E-state index contributed by atoms with van der Waals surface area (Å²) < 4.78 is 37.9. The van der Waals surface area contributed by atoms with E-state index in [4.69, 9.17) is 5.73 Å². The van der Waals surface area contributed by atoms with Crippen molar-refractivity contribution in [2.24, 2.45) is 5.73 Å². The minimum absolute atomic E-state index is 0.0144. The summed E-state index contributed by atoms with van der Waals surface area (Å²) in [6.07, 6.45) is -2.02. The Morgan fingerprint density at radius 1 is 1.28 bits per heavy atom. The number of hydrogen-bond donors (Lipinski definition) is 1. The van der Waals surface area contributed by atoms with Crippen LogP contribution in [0, 0.1) is 0 Å². The van der Waals surface area contributed by atoms with Gasteiger partial charge in [0, 0.05) is 12.4 Å². The number of nitrogens with two attached hydrogens (primary N) is 1. The fourth-order valence-corrected chi connectivity index (χ4v) is 2.07. The highest BCUT2D eigenvalue weighted by Gasteiger charge is 2.39. The van der Waals surface area contributed by atoms with Crippen molar-refractivity contribution in [3.05, 3.63) is 29.0 Å². The van der Waals surface area contributed by atoms with Crippen molar-refractivity contribution >= 4 is 17.2 Å². The highest BCUT2D eigenvalue weighted by Crippen LogP contribution is 2.36. The summed E-state index contributed by atoms with van der Waals surface area (Å²) in [6.45, 7) is 0. The molecule has 0 aliphatic heterocycles. The number of amides is 1. The van der Waals surface area contributed by atoms with E-state index < -0.39 is 22.7 Å². The molecule has 0 saturated heterocycles. The number of nitrogens with zero attached hydrogens (tertiary/aromatic N) is 3. The topological polar surface area (TPSA) is 81.8 Å². The molecule has 2 rings (SSSR count). The average molecular weight is 274 g/mol. The van der Waals surface area contributed by atoms with Gasteiger partial charge in [-0.1, -0.05) is 0 Å². The van der Waals surface area contributed by atoms with Gasteiger partial charge >= 0.3 is 6.18 Å². The molecule has 2 aromatic heterocycles. The van der Waals surface area contributed by atoms with E-state index in [9.17, 15) is 18.0 Å². The SMILES string of the molecule is NC(=O)c1sc(-c2ncccn2)nc1C(F)(F)F. The monoisotopic (exact) mass is 274 g/mol. The molecular formula is C9H5F3N4OS. The zero-order valence-corrected chi connectivity index (χ0v) is 9.42. The lowest BCUT2D eigenvalue weighted by Crippen LogP contribution is -2.16. The Kier molecular flexibility index (Phi) is 2.99. The number of hydrogen-bond acceptors (Lipinski definition) is 5. The molecule has 0 aliphatic rings. The Balaban J connectivity index is 2.57. The Morgan fingerprint density at radius 2 is 1.89 bits per heavy atom. The molecule has 2 N–H and O–H groups in total. The van der Waals surface area contributed by atoms with Crippen LogP contribution in [0.5, 0.6) is 0 Å². The first-order valence-corrected chi connectivity index (χ1v) is 5.36. The molecule has 94 valence electrons. The standard InChI is InChI=1S/C9H5F3N4OS/c10-9(11,12)5-4(6(13)17)18-8(16-5)7-14-2-1-3-15-7/h1-3H,(H2,13,17). The summed E-state index contributed by atoms with van der Waals surface area (Å²) in [4.78, 5) is 21.2. The van der Waals surface area contributed by atoms with Gasteiger partial charge in [-0.15, -0.1) is 11.3 Å². The largest absolute Gasteiger partial charge is 0.435 e. The molecule has 0 saturated carbocycles. The molecule has 0 aromatic carbocycles. The van der Waals surface area contributed by atoms with E-state index in [0.717, 1.165) is 0 Å². The van der Waals surface area contributed by atoms with Crippen LogP contribution in [0.2, 0.25) is 0 Å². The summed E-state index contributed by atoms with van der Waals surface area (Å²) in [7, 11) is 0. The number of rotatable bonds is 2. The third kappa shape index (κ3) is 2.30. The first kappa shape index (κ1) is 12.4. The highest BCUT2D eigenvalue weighted by atomic mass is 32.1. The smallest absolute Gasteiger partial charge is 0.365 e. The quantitative estimate of drug-likeness (QED) is 0.903. The molecule has 0 bridgehead atoms. The molecule has 5 nitrogen and oxygen atoms in total. The van der Waals surface area contributed by atoms with Gasteiger partial charge in [-0.25, -0.2) is 15.0 Å². The van der Waals surface area contributed by atoms with Gasteiger partial charge < -0.3 is 5.73 Å². The number of alkyl halides is 3. The molecule has 1 amide bonds. The number of halogens is 3. The van der Waals surface area contributed by atoms with Crippen molar-refractivity contribution in [1.29, 1.82) is 0 Å². The fourth-order valence-electron chi connectivity index (χ4n) is 1.18. The molecule has 2 heterocycles. The van der Waals surface area contributed by atoms with Crippen LogP contribution in [0.25, 0.3) is 10.8 Å². The summed E-state index contributed by atoms with van der Waals surface area (Å²) in [5.41, 5.74) is 3.59. The molecule has 0 fully saturated rings. The minimum atomic E-state index is -4.74. The number of aromatic nitrogens is 3. The van der Waals surface area contributed by atoms with E-state index in [1.54, 1.807) is 0 Å². The molecule has 0 unspecified atom stereocenters. The van der Waals surface area contributed by atoms with Crippen LogP contribution in [0.1, 0.15) is 15.4 Å². The van der Waals surface area contributed by atoms with Crippen molar-refractivity contribution in [3.63, 3.8) is 0 Å². The van der Waals surface area contributed by atoms with Gasteiger partial charge in [0.05, 0.1) is 0 Å². The molecule has 9 heteroatoms. The predicted molar refractivity (Wildman–Crippen MR) is 56.7 cm³/mol. The number of thiazole rings is 1. The van der Waals surface area contributed by atoms with Gasteiger partial charge in [0.25, 0.3) is 5.91 Å². The maximum absolute atomic E-state index is 12.6. The summed E-state index contributed by atoms with van der Waals surface area (Å²) in [5.74, 6) is -1.16. The predicted octanol–water partition coefficient (Wildman–Crippen LogP) is 1.72. The Morgan fingerprint density at radius 3 is 2.33 bits per heavy atom. The molecule has 0 aliphatic carbocycles. The number of primary amides is 1. The van der Waals surface area contributed by atoms with Crippen molar-refractivity contribution in [2.75, 3.05) is 0 Å². The van der Waals surface area contributed by atoms with Crippen molar-refractivity contribution < 1.29 is 18.0 Å². The van der Waals surface area contributed by atoms with E-state index >= 15 is 0 Å². The lowest BCUT2D eigenvalue weighted by molar-refractivity contribution is -0.141. The maximum Gasteiger partial charge on any atom is 0.435 e. The van der Waals surface area contributed by atoms with Crippen molar-refractivity contribution in [2.45, 2.75) is 6.18 Å². The first-order valence-electron chi connectivity index (χ1n) is 4.55. The fraction of sp³-hybridized carbons (Fsp3) is 0.111. The Labute approximate surface area is 103 Å². The van der Waals surface area contributed by atoms with Crippen molar-refractivity contribution in [3.8, 4) is 10.8 Å². The second-order valence-corrected chi connectivity index (χ2v) is 4.13. The Hall–Kier alpha value is -2.03. The normalized spacial score (nSPS) is 11.5. The number of carbonyl (C=O) groups is 1. The van der Waals surface area contributed by atoms with Gasteiger partial charge in [0.2, 0.25) is 0 Å². The van der Waals surface area contributed by atoms with E-state index in [1.165, 1.54) is 18.5 Å². The summed E-state index contributed by atoms with van der Waals surface area (Å²) in [6, 6.07) is 1.51. The van der Waals surface area contributed by atoms with Crippen LogP contribution in [0.15, 0.2) is 18.5 Å². The lowest BCUT2D eigenvalue weighted by atomic mass is 10.3. The summed E-state index contributed by atoms with van der Waals surface area (Å²) >= 11 is 0.517. The van der Waals surface area contributed by atoms with Crippen LogP contribution in [0.3, 0.4) is 0 Å². The van der Waals surface area contributed by atoms with Crippen LogP contribution >= 0.6 is 11.3 Å². The average Bonchev–Trinajstić information content (AvgIpc) is 2.74. The van der Waals surface area contributed by atoms with Gasteiger partial charge in [-0.2, -0.15) is 13.2 Å². The molecule has 18 heavy (non-hydrogen) atoms. The first-order chi connectivity index (χ1) is 8.39. The van der Waals surface area contributed by atoms with Crippen LogP contribution in [0.4, 0.5) is 13.2 Å². The van der Waals surface area contributed by atoms with Gasteiger partial charge in [0.1, 0.15) is 4.88 Å². The van der Waals surface area contributed by atoms with Gasteiger partial charge in [-0.05, 0) is 6.07 Å². The minimum Gasteiger partial charge on any atom is -0.365 e. The molecule has 0 spiro atoms. The van der Waals surface area contributed by atoms with E-state index in [-0.39, 0.29) is 10.8 Å². The molecule has 0 radical (unpaired) electrons. The van der Waals surface area contributed by atoms with E-state index in [1.807, 2.05) is 0 Å². The van der Waals surface area contributed by atoms with Gasteiger partial charge in [0.15, 0.2) is 16.5 Å².